The van der Waals surface area contributed by atoms with E-state index in [4.69, 9.17) is 21.4 Å². The quantitative estimate of drug-likeness (QED) is 0.441. The molecule has 1 fully saturated rings. The lowest BCUT2D eigenvalue weighted by atomic mass is 10.1. The van der Waals surface area contributed by atoms with Crippen LogP contribution < -0.4 is 0 Å². The second-order valence-corrected chi connectivity index (χ2v) is 7.11. The minimum absolute atomic E-state index is 0.0962. The molecule has 0 aliphatic carbocycles. The second kappa shape index (κ2) is 10.9. The number of carboxylic acid groups (broad SMARTS) is 1. The number of aliphatic hydroxyl groups is 1. The van der Waals surface area contributed by atoms with Crippen molar-refractivity contribution in [1.82, 2.24) is 4.90 Å². The number of carbonyl (C=O) groups excluding carboxylic acids is 1. The van der Waals surface area contributed by atoms with Crippen molar-refractivity contribution in [3.05, 3.63) is 46.7 Å². The second-order valence-electron chi connectivity index (χ2n) is 6.67. The first kappa shape index (κ1) is 21.3. The number of likely N-dealkylation sites (tertiary alicyclic amines) is 1. The van der Waals surface area contributed by atoms with Crippen molar-refractivity contribution in [2.75, 3.05) is 19.8 Å². The molecule has 1 amide bonds. The number of amides is 1. The molecule has 1 saturated heterocycles. The summed E-state index contributed by atoms with van der Waals surface area (Å²) in [6, 6.07) is 7.47. The monoisotopic (exact) mass is 395 g/mol. The zero-order valence-electron chi connectivity index (χ0n) is 15.3. The first-order valence-corrected chi connectivity index (χ1v) is 9.55. The lowest BCUT2D eigenvalue weighted by Gasteiger charge is -2.24. The van der Waals surface area contributed by atoms with Gasteiger partial charge in [0.25, 0.3) is 0 Å². The summed E-state index contributed by atoms with van der Waals surface area (Å²) >= 11 is 5.96. The maximum Gasteiger partial charge on any atom is 0.329 e. The van der Waals surface area contributed by atoms with Crippen LogP contribution in [-0.4, -0.2) is 52.8 Å². The maximum atomic E-state index is 12.1. The lowest BCUT2D eigenvalue weighted by Crippen LogP contribution is -2.33. The van der Waals surface area contributed by atoms with E-state index in [9.17, 15) is 14.7 Å². The maximum absolute atomic E-state index is 12.1. The van der Waals surface area contributed by atoms with Gasteiger partial charge in [-0.15, -0.1) is 0 Å². The average Bonchev–Trinajstić information content (AvgIpc) is 2.96. The highest BCUT2D eigenvalue weighted by Gasteiger charge is 2.29. The number of rotatable bonds is 11. The van der Waals surface area contributed by atoms with E-state index in [1.165, 1.54) is 0 Å². The Kier molecular flexibility index (Phi) is 8.61. The third kappa shape index (κ3) is 7.61. The number of ether oxygens (including phenoxy) is 1. The van der Waals surface area contributed by atoms with Crippen molar-refractivity contribution in [3.8, 4) is 0 Å². The van der Waals surface area contributed by atoms with E-state index in [2.05, 4.69) is 0 Å². The average molecular weight is 396 g/mol. The van der Waals surface area contributed by atoms with Crippen molar-refractivity contribution in [2.24, 2.45) is 0 Å². The minimum Gasteiger partial charge on any atom is -0.512 e. The van der Waals surface area contributed by atoms with Gasteiger partial charge in [-0.25, -0.2) is 4.79 Å². The van der Waals surface area contributed by atoms with E-state index < -0.39 is 5.97 Å². The molecule has 1 aromatic carbocycles. The SMILES string of the molecule is O=C(O)COCCCCN1C(=O)CC[C@@H]1C/C=C(\O)Cc1cccc(Cl)c1. The normalized spacial score (nSPS) is 17.5. The highest BCUT2D eigenvalue weighted by molar-refractivity contribution is 6.30. The highest BCUT2D eigenvalue weighted by atomic mass is 35.5. The third-order valence-electron chi connectivity index (χ3n) is 4.52. The predicted molar refractivity (Wildman–Crippen MR) is 103 cm³/mol. The number of carboxylic acids is 1. The molecular weight excluding hydrogens is 370 g/mol. The zero-order chi connectivity index (χ0) is 19.6. The van der Waals surface area contributed by atoms with Crippen molar-refractivity contribution in [1.29, 1.82) is 0 Å². The van der Waals surface area contributed by atoms with Gasteiger partial charge in [0.15, 0.2) is 0 Å². The van der Waals surface area contributed by atoms with E-state index in [-0.39, 0.29) is 24.3 Å². The Bertz CT molecular complexity index is 676. The Morgan fingerprint density at radius 3 is 2.89 bits per heavy atom. The van der Waals surface area contributed by atoms with Crippen LogP contribution in [0.25, 0.3) is 0 Å². The van der Waals surface area contributed by atoms with E-state index >= 15 is 0 Å². The van der Waals surface area contributed by atoms with Gasteiger partial charge in [-0.1, -0.05) is 23.7 Å². The van der Waals surface area contributed by atoms with Gasteiger partial charge in [0.2, 0.25) is 5.91 Å². The molecule has 1 heterocycles. The molecule has 148 valence electrons. The number of aliphatic hydroxyl groups excluding tert-OH is 1. The summed E-state index contributed by atoms with van der Waals surface area (Å²) in [7, 11) is 0. The minimum atomic E-state index is -0.978. The van der Waals surface area contributed by atoms with Crippen LogP contribution in [0.4, 0.5) is 0 Å². The molecule has 0 radical (unpaired) electrons. The smallest absolute Gasteiger partial charge is 0.329 e. The molecule has 1 aliphatic rings. The topological polar surface area (TPSA) is 87.1 Å². The summed E-state index contributed by atoms with van der Waals surface area (Å²) in [6.45, 7) is 0.712. The fraction of sp³-hybridized carbons (Fsp3) is 0.500. The Balaban J connectivity index is 1.76. The van der Waals surface area contributed by atoms with Crippen molar-refractivity contribution in [2.45, 2.75) is 44.6 Å². The molecule has 7 heteroatoms. The van der Waals surface area contributed by atoms with Gasteiger partial charge in [0, 0.05) is 37.1 Å². The van der Waals surface area contributed by atoms with Gasteiger partial charge < -0.3 is 19.8 Å². The van der Waals surface area contributed by atoms with Gasteiger partial charge in [-0.3, -0.25) is 4.79 Å². The molecular formula is C20H26ClNO5. The molecule has 2 N–H and O–H groups in total. The van der Waals surface area contributed by atoms with Crippen LogP contribution in [0.1, 0.15) is 37.7 Å². The number of hydrogen-bond acceptors (Lipinski definition) is 4. The summed E-state index contributed by atoms with van der Waals surface area (Å²) < 4.78 is 5.00. The molecule has 2 rings (SSSR count). The number of hydrogen-bond donors (Lipinski definition) is 2. The number of aliphatic carboxylic acids is 1. The zero-order valence-corrected chi connectivity index (χ0v) is 16.0. The Hall–Kier alpha value is -2.05. The number of allylic oxidation sites excluding steroid dienone is 1. The molecule has 1 atom stereocenters. The van der Waals surface area contributed by atoms with Crippen LogP contribution in [-0.2, 0) is 20.7 Å². The number of carbonyl (C=O) groups is 2. The number of halogens is 1. The Morgan fingerprint density at radius 1 is 1.33 bits per heavy atom. The number of benzene rings is 1. The summed E-state index contributed by atoms with van der Waals surface area (Å²) in [5.74, 6) is -0.568. The first-order valence-electron chi connectivity index (χ1n) is 9.17. The van der Waals surface area contributed by atoms with Crippen LogP contribution in [0.2, 0.25) is 5.02 Å². The van der Waals surface area contributed by atoms with Crippen LogP contribution >= 0.6 is 11.6 Å². The van der Waals surface area contributed by atoms with Gasteiger partial charge >= 0.3 is 5.97 Å². The van der Waals surface area contributed by atoms with Crippen LogP contribution in [0.15, 0.2) is 36.1 Å². The van der Waals surface area contributed by atoms with Crippen molar-refractivity contribution in [3.63, 3.8) is 0 Å². The summed E-state index contributed by atoms with van der Waals surface area (Å²) in [6.07, 6.45) is 5.61. The Labute approximate surface area is 164 Å². The van der Waals surface area contributed by atoms with Crippen molar-refractivity contribution < 1.29 is 24.5 Å². The van der Waals surface area contributed by atoms with Crippen LogP contribution in [0.5, 0.6) is 0 Å². The molecule has 6 nitrogen and oxygen atoms in total. The first-order chi connectivity index (χ1) is 13.0. The van der Waals surface area contributed by atoms with Crippen LogP contribution in [0, 0.1) is 0 Å². The lowest BCUT2D eigenvalue weighted by molar-refractivity contribution is -0.142. The molecule has 27 heavy (non-hydrogen) atoms. The van der Waals surface area contributed by atoms with E-state index in [1.54, 1.807) is 12.1 Å². The van der Waals surface area contributed by atoms with Gasteiger partial charge in [-0.2, -0.15) is 0 Å². The molecule has 0 spiro atoms. The van der Waals surface area contributed by atoms with Crippen LogP contribution in [0.3, 0.4) is 0 Å². The largest absolute Gasteiger partial charge is 0.512 e. The summed E-state index contributed by atoms with van der Waals surface area (Å²) in [5, 5.41) is 19.3. The molecule has 1 aliphatic heterocycles. The molecule has 0 saturated carbocycles. The standard InChI is InChI=1S/C20H26ClNO5/c21-16-5-3-4-15(12-16)13-18(23)8-6-17-7-9-19(24)22(17)10-1-2-11-27-14-20(25)26/h3-5,8,12,17,23H,1-2,6-7,9-11,13-14H2,(H,25,26)/b18-8-/t17-/m0/s1. The van der Waals surface area contributed by atoms with E-state index in [1.807, 2.05) is 23.1 Å². The predicted octanol–water partition coefficient (Wildman–Crippen LogP) is 3.59. The molecule has 0 bridgehead atoms. The van der Waals surface area contributed by atoms with E-state index in [0.717, 1.165) is 18.4 Å². The third-order valence-corrected chi connectivity index (χ3v) is 4.75. The fourth-order valence-electron chi connectivity index (χ4n) is 3.19. The Morgan fingerprint density at radius 2 is 2.15 bits per heavy atom. The highest BCUT2D eigenvalue weighted by Crippen LogP contribution is 2.23. The molecule has 0 unspecified atom stereocenters. The van der Waals surface area contributed by atoms with Gasteiger partial charge in [0.1, 0.15) is 6.61 Å². The van der Waals surface area contributed by atoms with E-state index in [0.29, 0.717) is 43.9 Å². The number of nitrogens with zero attached hydrogens (tertiary/aromatic N) is 1. The fourth-order valence-corrected chi connectivity index (χ4v) is 3.40. The summed E-state index contributed by atoms with van der Waals surface area (Å²) in [5.41, 5.74) is 0.942. The number of unbranched alkanes of at least 4 members (excludes halogenated alkanes) is 1. The van der Waals surface area contributed by atoms with Gasteiger partial charge in [0.05, 0.1) is 5.76 Å². The molecule has 1 aromatic rings. The molecule has 0 aromatic heterocycles. The summed E-state index contributed by atoms with van der Waals surface area (Å²) in [4.78, 5) is 24.3. The van der Waals surface area contributed by atoms with Crippen molar-refractivity contribution >= 4 is 23.5 Å². The van der Waals surface area contributed by atoms with Gasteiger partial charge in [-0.05, 0) is 49.5 Å².